The van der Waals surface area contributed by atoms with Crippen molar-refractivity contribution >= 4 is 23.2 Å². The first-order valence-electron chi connectivity index (χ1n) is 5.20. The number of nitrogens with zero attached hydrogens (tertiary/aromatic N) is 2. The van der Waals surface area contributed by atoms with Gasteiger partial charge in [-0.05, 0) is 19.1 Å². The Morgan fingerprint density at radius 1 is 1.61 bits per heavy atom. The van der Waals surface area contributed by atoms with Crippen molar-refractivity contribution in [3.05, 3.63) is 38.9 Å². The molecular weight excluding hydrogens is 260 g/mol. The van der Waals surface area contributed by atoms with Gasteiger partial charge in [-0.25, -0.2) is 0 Å². The summed E-state index contributed by atoms with van der Waals surface area (Å²) < 4.78 is 0. The minimum absolute atomic E-state index is 0.0188. The summed E-state index contributed by atoms with van der Waals surface area (Å²) in [7, 11) is 1.51. The number of rotatable bonds is 4. The molecule has 0 saturated heterocycles. The number of likely N-dealkylation sites (N-methyl/N-ethyl adjacent to an activating group) is 1. The minimum atomic E-state index is -0.666. The molecule has 1 unspecified atom stereocenters. The molecule has 18 heavy (non-hydrogen) atoms. The van der Waals surface area contributed by atoms with Gasteiger partial charge in [0.25, 0.3) is 11.6 Å². The fourth-order valence-electron chi connectivity index (χ4n) is 1.49. The number of nitro groups is 1. The zero-order valence-corrected chi connectivity index (χ0v) is 10.7. The van der Waals surface area contributed by atoms with Gasteiger partial charge in [-0.2, -0.15) is 0 Å². The Morgan fingerprint density at radius 3 is 2.72 bits per heavy atom. The third-order valence-corrected chi connectivity index (χ3v) is 2.59. The SMILES string of the molecule is CC(O)CN(C)C(=O)c1ccc(Cl)c([N+](=O)[O-])c1. The van der Waals surface area contributed by atoms with E-state index >= 15 is 0 Å². The van der Waals surface area contributed by atoms with E-state index in [2.05, 4.69) is 0 Å². The van der Waals surface area contributed by atoms with Crippen molar-refractivity contribution in [2.45, 2.75) is 13.0 Å². The first-order valence-corrected chi connectivity index (χ1v) is 5.58. The molecule has 0 saturated carbocycles. The highest BCUT2D eigenvalue weighted by Crippen LogP contribution is 2.25. The summed E-state index contributed by atoms with van der Waals surface area (Å²) in [4.78, 5) is 23.3. The van der Waals surface area contributed by atoms with Crippen LogP contribution in [-0.4, -0.2) is 40.5 Å². The molecule has 1 aromatic rings. The number of halogens is 1. The lowest BCUT2D eigenvalue weighted by atomic mass is 10.1. The van der Waals surface area contributed by atoms with Crippen molar-refractivity contribution in [3.8, 4) is 0 Å². The van der Waals surface area contributed by atoms with Crippen LogP contribution in [0.2, 0.25) is 5.02 Å². The van der Waals surface area contributed by atoms with Crippen LogP contribution in [0.15, 0.2) is 18.2 Å². The Hall–Kier alpha value is -1.66. The molecule has 0 spiro atoms. The monoisotopic (exact) mass is 272 g/mol. The zero-order chi connectivity index (χ0) is 13.9. The second kappa shape index (κ2) is 5.79. The lowest BCUT2D eigenvalue weighted by Crippen LogP contribution is -2.33. The maximum absolute atomic E-state index is 11.9. The van der Waals surface area contributed by atoms with Gasteiger partial charge in [-0.1, -0.05) is 11.6 Å². The number of amides is 1. The summed E-state index contributed by atoms with van der Waals surface area (Å²) in [6, 6.07) is 3.85. The molecule has 1 N–H and O–H groups in total. The average Bonchev–Trinajstić information content (AvgIpc) is 2.27. The number of carbonyl (C=O) groups excluding carboxylic acids is 1. The lowest BCUT2D eigenvalue weighted by molar-refractivity contribution is -0.384. The summed E-state index contributed by atoms with van der Waals surface area (Å²) in [5, 5.41) is 19.9. The molecule has 1 rings (SSSR count). The predicted molar refractivity (Wildman–Crippen MR) is 66.7 cm³/mol. The Bertz CT molecular complexity index is 476. The molecule has 6 nitrogen and oxygen atoms in total. The van der Waals surface area contributed by atoms with Gasteiger partial charge >= 0.3 is 0 Å². The van der Waals surface area contributed by atoms with Crippen LogP contribution in [-0.2, 0) is 0 Å². The van der Waals surface area contributed by atoms with Gasteiger partial charge < -0.3 is 10.0 Å². The van der Waals surface area contributed by atoms with Crippen LogP contribution in [0.4, 0.5) is 5.69 Å². The molecule has 0 aromatic heterocycles. The van der Waals surface area contributed by atoms with E-state index in [4.69, 9.17) is 11.6 Å². The molecule has 1 aromatic carbocycles. The third-order valence-electron chi connectivity index (χ3n) is 2.27. The molecular formula is C11H13ClN2O4. The molecule has 0 aliphatic rings. The van der Waals surface area contributed by atoms with Gasteiger partial charge in [0.2, 0.25) is 0 Å². The van der Waals surface area contributed by atoms with Crippen LogP contribution in [0.25, 0.3) is 0 Å². The number of carbonyl (C=O) groups is 1. The zero-order valence-electron chi connectivity index (χ0n) is 9.96. The number of nitro benzene ring substituents is 1. The van der Waals surface area contributed by atoms with E-state index in [9.17, 15) is 20.0 Å². The number of benzene rings is 1. The largest absolute Gasteiger partial charge is 0.392 e. The first kappa shape index (κ1) is 14.4. The summed E-state index contributed by atoms with van der Waals surface area (Å²) in [6.07, 6.45) is -0.666. The van der Waals surface area contributed by atoms with Crippen molar-refractivity contribution in [2.24, 2.45) is 0 Å². The summed E-state index contributed by atoms with van der Waals surface area (Å²) in [5.41, 5.74) is -0.151. The standard InChI is InChI=1S/C11H13ClN2O4/c1-7(15)6-13(2)11(16)8-3-4-9(12)10(5-8)14(17)18/h3-5,7,15H,6H2,1-2H3. The van der Waals surface area contributed by atoms with E-state index in [1.807, 2.05) is 0 Å². The fourth-order valence-corrected chi connectivity index (χ4v) is 1.67. The Morgan fingerprint density at radius 2 is 2.22 bits per heavy atom. The smallest absolute Gasteiger partial charge is 0.288 e. The van der Waals surface area contributed by atoms with Crippen LogP contribution >= 0.6 is 11.6 Å². The number of hydrogen-bond donors (Lipinski definition) is 1. The average molecular weight is 273 g/mol. The Kier molecular flexibility index (Phi) is 4.63. The van der Waals surface area contributed by atoms with Crippen LogP contribution in [0.3, 0.4) is 0 Å². The van der Waals surface area contributed by atoms with Crippen LogP contribution in [0.5, 0.6) is 0 Å². The van der Waals surface area contributed by atoms with E-state index in [-0.39, 0.29) is 22.8 Å². The van der Waals surface area contributed by atoms with Gasteiger partial charge in [0.1, 0.15) is 5.02 Å². The van der Waals surface area contributed by atoms with Gasteiger partial charge in [0, 0.05) is 25.2 Å². The quantitative estimate of drug-likeness (QED) is 0.668. The first-order chi connectivity index (χ1) is 8.32. The fraction of sp³-hybridized carbons (Fsp3) is 0.364. The van der Waals surface area contributed by atoms with E-state index in [0.29, 0.717) is 0 Å². The van der Waals surface area contributed by atoms with E-state index in [0.717, 1.165) is 6.07 Å². The molecule has 1 amide bonds. The van der Waals surface area contributed by atoms with Crippen molar-refractivity contribution < 1.29 is 14.8 Å². The molecule has 0 aliphatic heterocycles. The number of aliphatic hydroxyl groups excluding tert-OH is 1. The number of aliphatic hydroxyl groups is 1. The van der Waals surface area contributed by atoms with Crippen molar-refractivity contribution in [2.75, 3.05) is 13.6 Å². The highest BCUT2D eigenvalue weighted by molar-refractivity contribution is 6.32. The van der Waals surface area contributed by atoms with E-state index in [1.165, 1.54) is 24.1 Å². The highest BCUT2D eigenvalue weighted by atomic mass is 35.5. The Balaban J connectivity index is 3.00. The second-order valence-electron chi connectivity index (χ2n) is 3.96. The van der Waals surface area contributed by atoms with E-state index in [1.54, 1.807) is 6.92 Å². The lowest BCUT2D eigenvalue weighted by Gasteiger charge is -2.18. The molecule has 0 heterocycles. The molecule has 0 fully saturated rings. The van der Waals surface area contributed by atoms with Crippen LogP contribution in [0, 0.1) is 10.1 Å². The van der Waals surface area contributed by atoms with Crippen molar-refractivity contribution in [1.29, 1.82) is 0 Å². The molecule has 0 bridgehead atoms. The van der Waals surface area contributed by atoms with Gasteiger partial charge in [0.05, 0.1) is 11.0 Å². The molecule has 1 atom stereocenters. The predicted octanol–water partition coefficient (Wildman–Crippen LogP) is 1.70. The van der Waals surface area contributed by atoms with Gasteiger partial charge in [-0.15, -0.1) is 0 Å². The number of hydrogen-bond acceptors (Lipinski definition) is 4. The molecule has 0 radical (unpaired) electrons. The van der Waals surface area contributed by atoms with Crippen LogP contribution < -0.4 is 0 Å². The highest BCUT2D eigenvalue weighted by Gasteiger charge is 2.19. The molecule has 0 aliphatic carbocycles. The summed E-state index contributed by atoms with van der Waals surface area (Å²) in [6.45, 7) is 1.70. The maximum atomic E-state index is 11.9. The van der Waals surface area contributed by atoms with E-state index < -0.39 is 16.9 Å². The maximum Gasteiger partial charge on any atom is 0.288 e. The van der Waals surface area contributed by atoms with Crippen molar-refractivity contribution in [1.82, 2.24) is 4.90 Å². The molecule has 98 valence electrons. The summed E-state index contributed by atoms with van der Waals surface area (Å²) >= 11 is 5.65. The van der Waals surface area contributed by atoms with Crippen LogP contribution in [0.1, 0.15) is 17.3 Å². The van der Waals surface area contributed by atoms with Crippen molar-refractivity contribution in [3.63, 3.8) is 0 Å². The normalized spacial score (nSPS) is 12.0. The topological polar surface area (TPSA) is 83.7 Å². The Labute approximate surface area is 109 Å². The summed E-state index contributed by atoms with van der Waals surface area (Å²) in [5.74, 6) is -0.407. The second-order valence-corrected chi connectivity index (χ2v) is 4.37. The van der Waals surface area contributed by atoms with Gasteiger partial charge in [-0.3, -0.25) is 14.9 Å². The van der Waals surface area contributed by atoms with Gasteiger partial charge in [0.15, 0.2) is 0 Å². The minimum Gasteiger partial charge on any atom is -0.392 e. The molecule has 7 heteroatoms. The third kappa shape index (κ3) is 3.41.